The van der Waals surface area contributed by atoms with Gasteiger partial charge in [0.15, 0.2) is 0 Å². The van der Waals surface area contributed by atoms with Gasteiger partial charge in [-0.3, -0.25) is 20.2 Å². The van der Waals surface area contributed by atoms with E-state index < -0.39 is 4.92 Å². The second kappa shape index (κ2) is 5.52. The summed E-state index contributed by atoms with van der Waals surface area (Å²) in [6.45, 7) is 1.75. The average Bonchev–Trinajstić information content (AvgIpc) is 2.80. The second-order valence-corrected chi connectivity index (χ2v) is 4.24. The van der Waals surface area contributed by atoms with Crippen LogP contribution >= 0.6 is 0 Å². The molecule has 104 valence electrons. The van der Waals surface area contributed by atoms with Gasteiger partial charge in [-0.15, -0.1) is 0 Å². The van der Waals surface area contributed by atoms with Gasteiger partial charge in [-0.25, -0.2) is 4.98 Å². The monoisotopic (exact) mass is 274 g/mol. The number of carbonyl (C=O) groups excluding carboxylic acids is 1. The van der Waals surface area contributed by atoms with Crippen LogP contribution < -0.4 is 5.32 Å². The molecule has 1 amide bonds. The number of benzene rings is 1. The third-order valence-electron chi connectivity index (χ3n) is 2.91. The molecule has 0 aliphatic heterocycles. The molecule has 0 saturated heterocycles. The molecule has 1 aromatic carbocycles. The van der Waals surface area contributed by atoms with Crippen LogP contribution in [-0.4, -0.2) is 20.4 Å². The first-order valence-electron chi connectivity index (χ1n) is 6.09. The van der Waals surface area contributed by atoms with Crippen molar-refractivity contribution in [2.45, 2.75) is 13.3 Å². The molecule has 1 aromatic heterocycles. The third-order valence-corrected chi connectivity index (χ3v) is 2.91. The van der Waals surface area contributed by atoms with E-state index >= 15 is 0 Å². The van der Waals surface area contributed by atoms with Crippen molar-refractivity contribution in [3.8, 4) is 11.3 Å². The maximum atomic E-state index is 11.4. The predicted octanol–water partition coefficient (Wildman–Crippen LogP) is 2.34. The van der Waals surface area contributed by atoms with Crippen LogP contribution in [0.15, 0.2) is 30.5 Å². The van der Waals surface area contributed by atoms with Crippen LogP contribution in [0, 0.1) is 10.1 Å². The fourth-order valence-electron chi connectivity index (χ4n) is 1.79. The maximum Gasteiger partial charge on any atom is 0.270 e. The van der Waals surface area contributed by atoms with Gasteiger partial charge < -0.3 is 4.57 Å². The number of amides is 1. The number of imidazole rings is 1. The summed E-state index contributed by atoms with van der Waals surface area (Å²) in [6.07, 6.45) is 1.93. The lowest BCUT2D eigenvalue weighted by Crippen LogP contribution is -2.13. The van der Waals surface area contributed by atoms with Gasteiger partial charge in [-0.1, -0.05) is 19.1 Å². The number of rotatable bonds is 4. The number of nitro groups is 1. The van der Waals surface area contributed by atoms with Crippen LogP contribution in [0.1, 0.15) is 13.3 Å². The number of hydrogen-bond donors (Lipinski definition) is 1. The largest absolute Gasteiger partial charge is 0.313 e. The van der Waals surface area contributed by atoms with E-state index in [9.17, 15) is 14.9 Å². The minimum absolute atomic E-state index is 0.0165. The molecule has 0 aliphatic rings. The van der Waals surface area contributed by atoms with Crippen LogP contribution in [0.2, 0.25) is 0 Å². The van der Waals surface area contributed by atoms with Gasteiger partial charge in [0.25, 0.3) is 5.69 Å². The predicted molar refractivity (Wildman–Crippen MR) is 74.2 cm³/mol. The molecular formula is C13H14N4O3. The summed E-state index contributed by atoms with van der Waals surface area (Å²) in [7, 11) is 1.74. The smallest absolute Gasteiger partial charge is 0.270 e. The first-order chi connectivity index (χ1) is 9.52. The van der Waals surface area contributed by atoms with Crippen LogP contribution in [0.3, 0.4) is 0 Å². The Labute approximate surface area is 115 Å². The molecule has 7 nitrogen and oxygen atoms in total. The minimum Gasteiger partial charge on any atom is -0.313 e. The molecule has 0 fully saturated rings. The molecule has 0 spiro atoms. The Bertz CT molecular complexity index is 663. The molecule has 0 unspecified atom stereocenters. The van der Waals surface area contributed by atoms with Crippen LogP contribution in [0.25, 0.3) is 11.3 Å². The van der Waals surface area contributed by atoms with E-state index in [1.165, 1.54) is 12.1 Å². The lowest BCUT2D eigenvalue weighted by atomic mass is 10.1. The highest BCUT2D eigenvalue weighted by Crippen LogP contribution is 2.25. The molecule has 1 N–H and O–H groups in total. The zero-order chi connectivity index (χ0) is 14.7. The highest BCUT2D eigenvalue weighted by atomic mass is 16.6. The molecule has 0 radical (unpaired) electrons. The highest BCUT2D eigenvalue weighted by Gasteiger charge is 2.13. The van der Waals surface area contributed by atoms with Gasteiger partial charge in [0.1, 0.15) is 0 Å². The van der Waals surface area contributed by atoms with Crippen molar-refractivity contribution < 1.29 is 9.72 Å². The summed E-state index contributed by atoms with van der Waals surface area (Å²) >= 11 is 0. The van der Waals surface area contributed by atoms with E-state index in [0.717, 1.165) is 0 Å². The van der Waals surface area contributed by atoms with Gasteiger partial charge in [-0.2, -0.15) is 0 Å². The zero-order valence-electron chi connectivity index (χ0n) is 11.2. The lowest BCUT2D eigenvalue weighted by molar-refractivity contribution is -0.384. The zero-order valence-corrected chi connectivity index (χ0v) is 11.2. The van der Waals surface area contributed by atoms with E-state index in [-0.39, 0.29) is 11.6 Å². The normalized spacial score (nSPS) is 10.3. The van der Waals surface area contributed by atoms with Gasteiger partial charge >= 0.3 is 0 Å². The number of nitrogens with zero attached hydrogens (tertiary/aromatic N) is 3. The highest BCUT2D eigenvalue weighted by molar-refractivity contribution is 5.89. The summed E-state index contributed by atoms with van der Waals surface area (Å²) < 4.78 is 1.69. The molecule has 0 bridgehead atoms. The first kappa shape index (κ1) is 13.7. The topological polar surface area (TPSA) is 90.1 Å². The Morgan fingerprint density at radius 3 is 2.90 bits per heavy atom. The molecule has 0 saturated carbocycles. The summed E-state index contributed by atoms with van der Waals surface area (Å²) in [5, 5.41) is 13.5. The quantitative estimate of drug-likeness (QED) is 0.684. The van der Waals surface area contributed by atoms with Gasteiger partial charge in [0.2, 0.25) is 11.9 Å². The van der Waals surface area contributed by atoms with E-state index in [1.54, 1.807) is 36.9 Å². The van der Waals surface area contributed by atoms with Crippen LogP contribution in [0.5, 0.6) is 0 Å². The first-order valence-corrected chi connectivity index (χ1v) is 6.09. The Balaban J connectivity index is 2.36. The van der Waals surface area contributed by atoms with Gasteiger partial charge in [0.05, 0.1) is 16.8 Å². The number of nitro benzene ring substituents is 1. The Morgan fingerprint density at radius 2 is 2.25 bits per heavy atom. The van der Waals surface area contributed by atoms with Gasteiger partial charge in [0, 0.05) is 31.2 Å². The molecule has 2 aromatic rings. The van der Waals surface area contributed by atoms with Crippen LogP contribution in [0.4, 0.5) is 11.6 Å². The van der Waals surface area contributed by atoms with E-state index in [0.29, 0.717) is 23.6 Å². The van der Waals surface area contributed by atoms with Crippen molar-refractivity contribution in [3.05, 3.63) is 40.6 Å². The summed E-state index contributed by atoms with van der Waals surface area (Å²) in [6, 6.07) is 6.28. The summed E-state index contributed by atoms with van der Waals surface area (Å²) in [5.74, 6) is 0.280. The molecule has 2 rings (SSSR count). The molecule has 0 atom stereocenters. The van der Waals surface area contributed by atoms with E-state index in [1.807, 2.05) is 0 Å². The lowest BCUT2D eigenvalue weighted by Gasteiger charge is -2.06. The van der Waals surface area contributed by atoms with E-state index in [2.05, 4.69) is 10.3 Å². The Morgan fingerprint density at radius 1 is 1.50 bits per heavy atom. The fourth-order valence-corrected chi connectivity index (χ4v) is 1.79. The van der Waals surface area contributed by atoms with Crippen molar-refractivity contribution in [2.24, 2.45) is 7.05 Å². The maximum absolute atomic E-state index is 11.4. The standard InChI is InChI=1S/C13H14N4O3/c1-3-12(18)15-13-14-8-11(16(13)2)9-5-4-6-10(7-9)17(19)20/h4-8H,3H2,1-2H3,(H,14,15,18). The average molecular weight is 274 g/mol. The fraction of sp³-hybridized carbons (Fsp3) is 0.231. The number of nitrogens with one attached hydrogen (secondary N) is 1. The van der Waals surface area contributed by atoms with Crippen LogP contribution in [-0.2, 0) is 11.8 Å². The Hall–Kier alpha value is -2.70. The SMILES string of the molecule is CCC(=O)Nc1ncc(-c2cccc([N+](=O)[O-])c2)n1C. The molecule has 1 heterocycles. The number of carbonyl (C=O) groups is 1. The van der Waals surface area contributed by atoms with E-state index in [4.69, 9.17) is 0 Å². The number of hydrogen-bond acceptors (Lipinski definition) is 4. The van der Waals surface area contributed by atoms with Crippen molar-refractivity contribution >= 4 is 17.5 Å². The van der Waals surface area contributed by atoms with Crippen molar-refractivity contribution in [3.63, 3.8) is 0 Å². The number of anilines is 1. The molecular weight excluding hydrogens is 260 g/mol. The third kappa shape index (κ3) is 2.66. The van der Waals surface area contributed by atoms with Crippen molar-refractivity contribution in [1.29, 1.82) is 0 Å². The minimum atomic E-state index is -0.445. The number of aromatic nitrogens is 2. The molecule has 20 heavy (non-hydrogen) atoms. The Kier molecular flexibility index (Phi) is 3.79. The summed E-state index contributed by atoms with van der Waals surface area (Å²) in [5.41, 5.74) is 1.38. The molecule has 0 aliphatic carbocycles. The second-order valence-electron chi connectivity index (χ2n) is 4.24. The van der Waals surface area contributed by atoms with Crippen molar-refractivity contribution in [1.82, 2.24) is 9.55 Å². The summed E-state index contributed by atoms with van der Waals surface area (Å²) in [4.78, 5) is 25.8. The number of non-ortho nitro benzene ring substituents is 1. The van der Waals surface area contributed by atoms with Crippen molar-refractivity contribution in [2.75, 3.05) is 5.32 Å². The van der Waals surface area contributed by atoms with Gasteiger partial charge in [-0.05, 0) is 0 Å². The molecule has 7 heteroatoms.